The summed E-state index contributed by atoms with van der Waals surface area (Å²) in [5.41, 5.74) is 0.461. The highest BCUT2D eigenvalue weighted by atomic mass is 14.8. The molecule has 0 spiro atoms. The van der Waals surface area contributed by atoms with Crippen LogP contribution in [0.2, 0.25) is 0 Å². The first kappa shape index (κ1) is 10.7. The second kappa shape index (κ2) is 4.08. The summed E-state index contributed by atoms with van der Waals surface area (Å²) in [4.78, 5) is 0. The zero-order valence-electron chi connectivity index (χ0n) is 10.4. The first-order chi connectivity index (χ1) is 7.80. The fourth-order valence-electron chi connectivity index (χ4n) is 4.70. The van der Waals surface area contributed by atoms with Crippen LogP contribution in [0.5, 0.6) is 0 Å². The Labute approximate surface area is 99.4 Å². The maximum atomic E-state index is 3.67. The molecule has 4 fully saturated rings. The molecule has 0 saturated heterocycles. The Hall–Kier alpha value is -0.480. The van der Waals surface area contributed by atoms with Crippen LogP contribution in [0.25, 0.3) is 0 Å². The fraction of sp³-hybridized carbons (Fsp3) is 0.867. The van der Waals surface area contributed by atoms with Crippen LogP contribution >= 0.6 is 0 Å². The number of hydrogen-bond donors (Lipinski definition) is 1. The predicted molar refractivity (Wildman–Crippen MR) is 66.9 cm³/mol. The van der Waals surface area contributed by atoms with Gasteiger partial charge in [-0.1, -0.05) is 5.92 Å². The summed E-state index contributed by atoms with van der Waals surface area (Å²) in [5.74, 6) is 10.2. The minimum atomic E-state index is 0.461. The van der Waals surface area contributed by atoms with Gasteiger partial charge in [0, 0.05) is 18.4 Å². The smallest absolute Gasteiger partial charge is 0.0322 e. The van der Waals surface area contributed by atoms with Crippen LogP contribution in [0.1, 0.15) is 44.9 Å². The Morgan fingerprint density at radius 3 is 2.12 bits per heavy atom. The van der Waals surface area contributed by atoms with Crippen molar-refractivity contribution in [3.8, 4) is 11.8 Å². The minimum absolute atomic E-state index is 0.461. The van der Waals surface area contributed by atoms with Crippen molar-refractivity contribution in [1.29, 1.82) is 0 Å². The number of hydrogen-bond acceptors (Lipinski definition) is 1. The molecular formula is C15H23N. The van der Waals surface area contributed by atoms with E-state index in [9.17, 15) is 0 Å². The molecule has 1 nitrogen and oxygen atoms in total. The van der Waals surface area contributed by atoms with E-state index in [1.165, 1.54) is 38.5 Å². The van der Waals surface area contributed by atoms with Gasteiger partial charge in [-0.15, -0.1) is 5.92 Å². The maximum Gasteiger partial charge on any atom is 0.0322 e. The molecule has 0 radical (unpaired) electrons. The van der Waals surface area contributed by atoms with Crippen LogP contribution in [0.3, 0.4) is 0 Å². The zero-order chi connectivity index (χ0) is 11.0. The van der Waals surface area contributed by atoms with Crippen LogP contribution in [0.4, 0.5) is 0 Å². The van der Waals surface area contributed by atoms with E-state index >= 15 is 0 Å². The third-order valence-electron chi connectivity index (χ3n) is 4.89. The Balaban J connectivity index is 1.70. The molecular weight excluding hydrogens is 194 g/mol. The van der Waals surface area contributed by atoms with E-state index in [0.717, 1.165) is 30.7 Å². The van der Waals surface area contributed by atoms with Gasteiger partial charge in [0.2, 0.25) is 0 Å². The summed E-state index contributed by atoms with van der Waals surface area (Å²) in [7, 11) is 2.01. The molecule has 0 heterocycles. The first-order valence-corrected chi connectivity index (χ1v) is 6.94. The van der Waals surface area contributed by atoms with Crippen LogP contribution in [-0.4, -0.2) is 13.6 Å². The van der Waals surface area contributed by atoms with Gasteiger partial charge in [0.25, 0.3) is 0 Å². The van der Waals surface area contributed by atoms with Crippen molar-refractivity contribution in [3.05, 3.63) is 0 Å². The molecule has 0 atom stereocenters. The highest BCUT2D eigenvalue weighted by Gasteiger charge is 2.50. The fourth-order valence-corrected chi connectivity index (χ4v) is 4.70. The van der Waals surface area contributed by atoms with Crippen LogP contribution in [0, 0.1) is 35.0 Å². The summed E-state index contributed by atoms with van der Waals surface area (Å²) in [5, 5.41) is 3.17. The Morgan fingerprint density at radius 2 is 1.62 bits per heavy atom. The zero-order valence-corrected chi connectivity index (χ0v) is 10.4. The Morgan fingerprint density at radius 1 is 1.06 bits per heavy atom. The van der Waals surface area contributed by atoms with Gasteiger partial charge < -0.3 is 5.32 Å². The highest BCUT2D eigenvalue weighted by molar-refractivity contribution is 5.18. The van der Waals surface area contributed by atoms with Crippen molar-refractivity contribution < 1.29 is 0 Å². The van der Waals surface area contributed by atoms with Crippen molar-refractivity contribution in [2.24, 2.45) is 23.2 Å². The molecule has 0 aromatic carbocycles. The van der Waals surface area contributed by atoms with Crippen molar-refractivity contribution in [3.63, 3.8) is 0 Å². The summed E-state index contributed by atoms with van der Waals surface area (Å²) in [6, 6.07) is 0. The predicted octanol–water partition coefficient (Wildman–Crippen LogP) is 2.82. The summed E-state index contributed by atoms with van der Waals surface area (Å²) in [6.45, 7) is 1.04. The van der Waals surface area contributed by atoms with Crippen LogP contribution in [0.15, 0.2) is 0 Å². The highest BCUT2D eigenvalue weighted by Crippen LogP contribution is 2.59. The van der Waals surface area contributed by atoms with E-state index in [0.29, 0.717) is 5.41 Å². The molecule has 0 aromatic rings. The summed E-state index contributed by atoms with van der Waals surface area (Å²) in [6.07, 6.45) is 9.87. The average Bonchev–Trinajstić information content (AvgIpc) is 2.22. The van der Waals surface area contributed by atoms with Gasteiger partial charge in [0.15, 0.2) is 0 Å². The molecule has 0 aliphatic heterocycles. The molecule has 4 aliphatic rings. The minimum Gasteiger partial charge on any atom is -0.319 e. The maximum absolute atomic E-state index is 3.67. The van der Waals surface area contributed by atoms with Crippen LogP contribution < -0.4 is 5.32 Å². The van der Waals surface area contributed by atoms with E-state index < -0.39 is 0 Å². The van der Waals surface area contributed by atoms with E-state index in [2.05, 4.69) is 17.2 Å². The molecule has 4 aliphatic carbocycles. The van der Waals surface area contributed by atoms with Gasteiger partial charge in [-0.05, 0) is 63.3 Å². The lowest BCUT2D eigenvalue weighted by molar-refractivity contribution is -0.0181. The largest absolute Gasteiger partial charge is 0.319 e. The van der Waals surface area contributed by atoms with E-state index in [-0.39, 0.29) is 0 Å². The molecule has 0 unspecified atom stereocenters. The van der Waals surface area contributed by atoms with Gasteiger partial charge in [-0.3, -0.25) is 0 Å². The number of rotatable bonds is 2. The van der Waals surface area contributed by atoms with Gasteiger partial charge in [0.05, 0.1) is 0 Å². The third-order valence-corrected chi connectivity index (χ3v) is 4.89. The lowest BCUT2D eigenvalue weighted by atomic mass is 9.50. The Kier molecular flexibility index (Phi) is 2.72. The SMILES string of the molecule is CNCCC#CC12CC3CC(CC(C3)C1)C2. The van der Waals surface area contributed by atoms with Crippen molar-refractivity contribution in [2.45, 2.75) is 44.9 Å². The van der Waals surface area contributed by atoms with Gasteiger partial charge in [-0.2, -0.15) is 0 Å². The molecule has 1 N–H and O–H groups in total. The molecule has 4 rings (SSSR count). The molecule has 88 valence electrons. The van der Waals surface area contributed by atoms with Crippen molar-refractivity contribution in [2.75, 3.05) is 13.6 Å². The van der Waals surface area contributed by atoms with E-state index in [4.69, 9.17) is 0 Å². The quantitative estimate of drug-likeness (QED) is 0.554. The van der Waals surface area contributed by atoms with Crippen molar-refractivity contribution >= 4 is 0 Å². The topological polar surface area (TPSA) is 12.0 Å². The normalized spacial score (nSPS) is 44.2. The molecule has 4 bridgehead atoms. The van der Waals surface area contributed by atoms with E-state index in [1.54, 1.807) is 0 Å². The lowest BCUT2D eigenvalue weighted by Gasteiger charge is -2.54. The lowest BCUT2D eigenvalue weighted by Crippen LogP contribution is -2.45. The summed E-state index contributed by atoms with van der Waals surface area (Å²) >= 11 is 0. The molecule has 0 amide bonds. The Bertz CT molecular complexity index is 285. The van der Waals surface area contributed by atoms with Gasteiger partial charge in [0.1, 0.15) is 0 Å². The second-order valence-electron chi connectivity index (χ2n) is 6.35. The monoisotopic (exact) mass is 217 g/mol. The van der Waals surface area contributed by atoms with E-state index in [1.807, 2.05) is 7.05 Å². The third kappa shape index (κ3) is 1.89. The summed E-state index contributed by atoms with van der Waals surface area (Å²) < 4.78 is 0. The van der Waals surface area contributed by atoms with Crippen molar-refractivity contribution in [1.82, 2.24) is 5.32 Å². The molecule has 16 heavy (non-hydrogen) atoms. The van der Waals surface area contributed by atoms with Gasteiger partial charge >= 0.3 is 0 Å². The first-order valence-electron chi connectivity index (χ1n) is 6.94. The molecule has 1 heteroatoms. The van der Waals surface area contributed by atoms with Gasteiger partial charge in [-0.25, -0.2) is 0 Å². The molecule has 4 saturated carbocycles. The second-order valence-corrected chi connectivity index (χ2v) is 6.35. The van der Waals surface area contributed by atoms with Crippen LogP contribution in [-0.2, 0) is 0 Å². The molecule has 0 aromatic heterocycles. The average molecular weight is 217 g/mol. The number of nitrogens with one attached hydrogen (secondary N) is 1. The standard InChI is InChI=1S/C15H23N/c1-16-5-3-2-4-15-9-12-6-13(10-15)8-14(7-12)11-15/h12-14,16H,3,5-11H2,1H3.